The fourth-order valence-electron chi connectivity index (χ4n) is 3.70. The number of nitrogen functional groups attached to an aromatic ring is 1. The van der Waals surface area contributed by atoms with E-state index in [9.17, 15) is 9.59 Å². The highest BCUT2D eigenvalue weighted by molar-refractivity contribution is 5.98. The molecule has 0 fully saturated rings. The zero-order chi connectivity index (χ0) is 26.0. The Morgan fingerprint density at radius 1 is 0.886 bits per heavy atom. The summed E-state index contributed by atoms with van der Waals surface area (Å²) in [6.45, 7) is 10.2. The number of amides is 1. The predicted octanol–water partition coefficient (Wildman–Crippen LogP) is 4.78. The van der Waals surface area contributed by atoms with Gasteiger partial charge >= 0.3 is 5.97 Å². The maximum absolute atomic E-state index is 13.1. The maximum atomic E-state index is 13.1. The summed E-state index contributed by atoms with van der Waals surface area (Å²) in [5.41, 5.74) is 6.45. The SMILES string of the molecule is CC(=O)Oc1cc(OCCCCCOc2ccc(C(=N)N)cc2)ccc1C(=O)N(C(C)C)C(C)C. The number of ether oxygens (including phenoxy) is 3. The van der Waals surface area contributed by atoms with Crippen LogP contribution >= 0.6 is 0 Å². The Morgan fingerprint density at radius 3 is 1.94 bits per heavy atom. The number of unbranched alkanes of at least 4 members (excludes halogenated alkanes) is 2. The highest BCUT2D eigenvalue weighted by Crippen LogP contribution is 2.28. The molecule has 0 unspecified atom stereocenters. The molecule has 0 saturated carbocycles. The van der Waals surface area contributed by atoms with Crippen LogP contribution in [0.2, 0.25) is 0 Å². The molecule has 3 N–H and O–H groups in total. The molecule has 0 aliphatic heterocycles. The molecule has 8 nitrogen and oxygen atoms in total. The molecule has 2 aromatic carbocycles. The van der Waals surface area contributed by atoms with Crippen molar-refractivity contribution in [1.82, 2.24) is 4.90 Å². The second kappa shape index (κ2) is 13.4. The number of nitrogens with zero attached hydrogens (tertiary/aromatic N) is 1. The van der Waals surface area contributed by atoms with E-state index in [-0.39, 0.29) is 29.6 Å². The summed E-state index contributed by atoms with van der Waals surface area (Å²) >= 11 is 0. The van der Waals surface area contributed by atoms with E-state index in [1.54, 1.807) is 47.4 Å². The Balaban J connectivity index is 1.86. The van der Waals surface area contributed by atoms with Crippen LogP contribution in [-0.2, 0) is 4.79 Å². The monoisotopic (exact) mass is 483 g/mol. The third-order valence-corrected chi connectivity index (χ3v) is 5.28. The molecule has 0 aromatic heterocycles. The molecule has 0 atom stereocenters. The van der Waals surface area contributed by atoms with Crippen LogP contribution in [-0.4, -0.2) is 47.9 Å². The van der Waals surface area contributed by atoms with Crippen molar-refractivity contribution in [3.8, 4) is 17.2 Å². The van der Waals surface area contributed by atoms with Crippen LogP contribution in [0.25, 0.3) is 0 Å². The van der Waals surface area contributed by atoms with Crippen molar-refractivity contribution < 1.29 is 23.8 Å². The molecular weight excluding hydrogens is 446 g/mol. The third kappa shape index (κ3) is 8.63. The molecule has 0 saturated heterocycles. The van der Waals surface area contributed by atoms with Crippen LogP contribution in [0.1, 0.15) is 69.8 Å². The molecule has 35 heavy (non-hydrogen) atoms. The number of hydrogen-bond acceptors (Lipinski definition) is 6. The number of hydrogen-bond donors (Lipinski definition) is 2. The summed E-state index contributed by atoms with van der Waals surface area (Å²) in [4.78, 5) is 26.5. The van der Waals surface area contributed by atoms with Crippen LogP contribution in [0.15, 0.2) is 42.5 Å². The second-order valence-corrected chi connectivity index (χ2v) is 8.85. The average Bonchev–Trinajstić information content (AvgIpc) is 2.78. The van der Waals surface area contributed by atoms with Crippen molar-refractivity contribution in [3.63, 3.8) is 0 Å². The molecule has 8 heteroatoms. The number of esters is 1. The molecule has 2 aromatic rings. The molecule has 0 radical (unpaired) electrons. The van der Waals surface area contributed by atoms with E-state index in [1.807, 2.05) is 27.7 Å². The molecule has 2 rings (SSSR count). The molecule has 0 aliphatic rings. The van der Waals surface area contributed by atoms with Crippen LogP contribution in [0, 0.1) is 5.41 Å². The Bertz CT molecular complexity index is 994. The van der Waals surface area contributed by atoms with Crippen LogP contribution in [0.3, 0.4) is 0 Å². The van der Waals surface area contributed by atoms with Gasteiger partial charge in [0, 0.05) is 30.6 Å². The number of benzene rings is 2. The Morgan fingerprint density at radius 2 is 1.43 bits per heavy atom. The van der Waals surface area contributed by atoms with Gasteiger partial charge in [-0.3, -0.25) is 15.0 Å². The molecule has 0 spiro atoms. The van der Waals surface area contributed by atoms with Gasteiger partial charge in [-0.1, -0.05) is 0 Å². The Hall–Kier alpha value is -3.55. The van der Waals surface area contributed by atoms with E-state index in [2.05, 4.69) is 0 Å². The Labute approximate surface area is 207 Å². The summed E-state index contributed by atoms with van der Waals surface area (Å²) < 4.78 is 16.9. The molecule has 0 aliphatic carbocycles. The first-order chi connectivity index (χ1) is 16.6. The van der Waals surface area contributed by atoms with Gasteiger partial charge in [0.25, 0.3) is 5.91 Å². The lowest BCUT2D eigenvalue weighted by atomic mass is 10.1. The smallest absolute Gasteiger partial charge is 0.308 e. The zero-order valence-electron chi connectivity index (χ0n) is 21.3. The number of nitrogens with one attached hydrogen (secondary N) is 1. The van der Waals surface area contributed by atoms with E-state index in [0.29, 0.717) is 30.1 Å². The number of carbonyl (C=O) groups is 2. The van der Waals surface area contributed by atoms with E-state index in [4.69, 9.17) is 25.4 Å². The average molecular weight is 484 g/mol. The highest BCUT2D eigenvalue weighted by atomic mass is 16.5. The molecule has 190 valence electrons. The minimum Gasteiger partial charge on any atom is -0.494 e. The second-order valence-electron chi connectivity index (χ2n) is 8.85. The van der Waals surface area contributed by atoms with Crippen LogP contribution < -0.4 is 19.9 Å². The fourth-order valence-corrected chi connectivity index (χ4v) is 3.70. The largest absolute Gasteiger partial charge is 0.494 e. The number of nitrogens with two attached hydrogens (primary N) is 1. The first kappa shape index (κ1) is 27.7. The van der Waals surface area contributed by atoms with Crippen molar-refractivity contribution in [2.45, 2.75) is 66.0 Å². The van der Waals surface area contributed by atoms with Gasteiger partial charge in [0.1, 0.15) is 23.1 Å². The summed E-state index contributed by atoms with van der Waals surface area (Å²) in [5, 5.41) is 7.40. The Kier molecular flexibility index (Phi) is 10.6. The maximum Gasteiger partial charge on any atom is 0.308 e. The fraction of sp³-hybridized carbons (Fsp3) is 0.444. The minimum atomic E-state index is -0.493. The van der Waals surface area contributed by atoms with Crippen molar-refractivity contribution in [3.05, 3.63) is 53.6 Å². The highest BCUT2D eigenvalue weighted by Gasteiger charge is 2.25. The molecule has 0 heterocycles. The van der Waals surface area contributed by atoms with Crippen molar-refractivity contribution >= 4 is 17.7 Å². The summed E-state index contributed by atoms with van der Waals surface area (Å²) in [7, 11) is 0. The van der Waals surface area contributed by atoms with Gasteiger partial charge in [-0.25, -0.2) is 0 Å². The first-order valence-corrected chi connectivity index (χ1v) is 11.9. The summed E-state index contributed by atoms with van der Waals surface area (Å²) in [6, 6.07) is 12.1. The number of carbonyl (C=O) groups excluding carboxylic acids is 2. The van der Waals surface area contributed by atoms with E-state index in [1.165, 1.54) is 6.92 Å². The van der Waals surface area contributed by atoms with E-state index < -0.39 is 5.97 Å². The lowest BCUT2D eigenvalue weighted by Crippen LogP contribution is -2.42. The topological polar surface area (TPSA) is 115 Å². The normalized spacial score (nSPS) is 10.8. The number of rotatable bonds is 13. The number of amidine groups is 1. The van der Waals surface area contributed by atoms with E-state index >= 15 is 0 Å². The summed E-state index contributed by atoms with van der Waals surface area (Å²) in [5.74, 6) is 0.843. The lowest BCUT2D eigenvalue weighted by molar-refractivity contribution is -0.131. The van der Waals surface area contributed by atoms with Gasteiger partial charge in [0.15, 0.2) is 0 Å². The standard InChI is InChI=1S/C27H37N3O5/c1-18(2)30(19(3)4)27(32)24-14-13-23(17-25(24)35-20(5)31)34-16-8-6-7-15-33-22-11-9-21(10-12-22)26(28)29/h9-14,17-19H,6-8,15-16H2,1-5H3,(H3,28,29). The third-order valence-electron chi connectivity index (χ3n) is 5.28. The van der Waals surface area contributed by atoms with Crippen molar-refractivity contribution in [2.24, 2.45) is 5.73 Å². The van der Waals surface area contributed by atoms with Crippen molar-refractivity contribution in [2.75, 3.05) is 13.2 Å². The molecule has 1 amide bonds. The zero-order valence-corrected chi connectivity index (χ0v) is 21.3. The minimum absolute atomic E-state index is 0.00693. The van der Waals surface area contributed by atoms with E-state index in [0.717, 1.165) is 25.0 Å². The van der Waals surface area contributed by atoms with Gasteiger partial charge in [-0.05, 0) is 83.4 Å². The quantitative estimate of drug-likeness (QED) is 0.139. The van der Waals surface area contributed by atoms with Gasteiger partial charge in [0.05, 0.1) is 18.8 Å². The first-order valence-electron chi connectivity index (χ1n) is 11.9. The summed E-state index contributed by atoms with van der Waals surface area (Å²) in [6.07, 6.45) is 2.60. The van der Waals surface area contributed by atoms with Crippen LogP contribution in [0.4, 0.5) is 0 Å². The van der Waals surface area contributed by atoms with Gasteiger partial charge in [0.2, 0.25) is 0 Å². The lowest BCUT2D eigenvalue weighted by Gasteiger charge is -2.31. The van der Waals surface area contributed by atoms with Gasteiger partial charge in [-0.15, -0.1) is 0 Å². The van der Waals surface area contributed by atoms with Crippen molar-refractivity contribution in [1.29, 1.82) is 5.41 Å². The molecular formula is C27H37N3O5. The van der Waals surface area contributed by atoms with Gasteiger partial charge in [-0.2, -0.15) is 0 Å². The van der Waals surface area contributed by atoms with Crippen LogP contribution in [0.5, 0.6) is 17.2 Å². The van der Waals surface area contributed by atoms with Gasteiger partial charge < -0.3 is 24.8 Å². The predicted molar refractivity (Wildman–Crippen MR) is 136 cm³/mol. The molecule has 0 bridgehead atoms.